The highest BCUT2D eigenvalue weighted by molar-refractivity contribution is 5.80. The summed E-state index contributed by atoms with van der Waals surface area (Å²) in [7, 11) is 0. The van der Waals surface area contributed by atoms with Gasteiger partial charge in [0.05, 0.1) is 0 Å². The lowest BCUT2D eigenvalue weighted by molar-refractivity contribution is 0.123. The molecule has 2 aromatic heterocycles. The standard InChI is InChI=1S/C24H30N4/c1-2-27-11-9-22-7-5-19(12-24(22)27)16-28-17-21-6-8-23(28)18-26(15-21)14-20-4-3-10-25-13-20/h3-5,7,9-13,21,23H,2,6,8,14-18H2,1H3/t21-,23+/m0/s1. The van der Waals surface area contributed by atoms with Gasteiger partial charge in [0.1, 0.15) is 0 Å². The lowest BCUT2D eigenvalue weighted by Crippen LogP contribution is -2.43. The number of aryl methyl sites for hydroxylation is 1. The first-order valence-electron chi connectivity index (χ1n) is 10.7. The molecule has 0 spiro atoms. The van der Waals surface area contributed by atoms with E-state index in [0.717, 1.165) is 25.6 Å². The van der Waals surface area contributed by atoms with Gasteiger partial charge in [0.15, 0.2) is 0 Å². The van der Waals surface area contributed by atoms with E-state index < -0.39 is 0 Å². The fraction of sp³-hybridized carbons (Fsp3) is 0.458. The molecule has 0 saturated carbocycles. The van der Waals surface area contributed by atoms with Gasteiger partial charge in [-0.15, -0.1) is 0 Å². The van der Waals surface area contributed by atoms with E-state index in [-0.39, 0.29) is 0 Å². The van der Waals surface area contributed by atoms with E-state index in [9.17, 15) is 0 Å². The highest BCUT2D eigenvalue weighted by Crippen LogP contribution is 2.30. The number of rotatable bonds is 5. The van der Waals surface area contributed by atoms with Crippen molar-refractivity contribution in [2.24, 2.45) is 5.92 Å². The molecule has 6 rings (SSSR count). The summed E-state index contributed by atoms with van der Waals surface area (Å²) in [6.45, 7) is 9.00. The Bertz CT molecular complexity index is 932. The van der Waals surface area contributed by atoms with Crippen molar-refractivity contribution in [3.05, 3.63) is 66.1 Å². The molecule has 146 valence electrons. The smallest absolute Gasteiger partial charge is 0.0483 e. The van der Waals surface area contributed by atoms with Crippen molar-refractivity contribution < 1.29 is 0 Å². The number of nitrogens with zero attached hydrogens (tertiary/aromatic N) is 4. The molecule has 4 heteroatoms. The number of pyridine rings is 1. The molecule has 3 aliphatic heterocycles. The number of piperidine rings is 1. The van der Waals surface area contributed by atoms with Crippen molar-refractivity contribution in [3.63, 3.8) is 0 Å². The first kappa shape index (κ1) is 17.9. The second-order valence-electron chi connectivity index (χ2n) is 8.58. The molecule has 28 heavy (non-hydrogen) atoms. The van der Waals surface area contributed by atoms with Gasteiger partial charge in [-0.1, -0.05) is 18.2 Å². The Hall–Kier alpha value is -2.17. The van der Waals surface area contributed by atoms with Crippen LogP contribution in [0.15, 0.2) is 55.0 Å². The molecule has 0 aliphatic carbocycles. The van der Waals surface area contributed by atoms with E-state index >= 15 is 0 Å². The summed E-state index contributed by atoms with van der Waals surface area (Å²) in [6.07, 6.45) is 8.80. The third-order valence-electron chi connectivity index (χ3n) is 6.60. The van der Waals surface area contributed by atoms with Gasteiger partial charge in [0.25, 0.3) is 0 Å². The summed E-state index contributed by atoms with van der Waals surface area (Å²) >= 11 is 0. The number of fused-ring (bicyclic) bond motifs is 5. The van der Waals surface area contributed by atoms with Crippen LogP contribution in [0.1, 0.15) is 30.9 Å². The molecule has 0 N–H and O–H groups in total. The molecule has 0 radical (unpaired) electrons. The van der Waals surface area contributed by atoms with E-state index in [1.54, 1.807) is 0 Å². The van der Waals surface area contributed by atoms with Gasteiger partial charge >= 0.3 is 0 Å². The maximum Gasteiger partial charge on any atom is 0.0483 e. The summed E-state index contributed by atoms with van der Waals surface area (Å²) < 4.78 is 2.35. The van der Waals surface area contributed by atoms with Crippen molar-refractivity contribution in [3.8, 4) is 0 Å². The molecule has 5 heterocycles. The van der Waals surface area contributed by atoms with Crippen LogP contribution in [-0.2, 0) is 19.6 Å². The number of hydrogen-bond acceptors (Lipinski definition) is 3. The van der Waals surface area contributed by atoms with Gasteiger partial charge in [0, 0.05) is 69.4 Å². The molecular weight excluding hydrogens is 344 g/mol. The number of benzene rings is 1. The zero-order valence-corrected chi connectivity index (χ0v) is 16.8. The van der Waals surface area contributed by atoms with Crippen molar-refractivity contribution >= 4 is 10.9 Å². The van der Waals surface area contributed by atoms with Crippen molar-refractivity contribution in [2.45, 2.75) is 45.4 Å². The number of hydrogen-bond donors (Lipinski definition) is 0. The molecule has 4 nitrogen and oxygen atoms in total. The molecule has 1 aromatic carbocycles. The topological polar surface area (TPSA) is 24.3 Å². The van der Waals surface area contributed by atoms with Crippen LogP contribution >= 0.6 is 0 Å². The molecule has 0 unspecified atom stereocenters. The Morgan fingerprint density at radius 1 is 1.00 bits per heavy atom. The van der Waals surface area contributed by atoms with Crippen LogP contribution < -0.4 is 0 Å². The summed E-state index contributed by atoms with van der Waals surface area (Å²) in [5.41, 5.74) is 4.16. The van der Waals surface area contributed by atoms with Crippen LogP contribution in [0, 0.1) is 5.92 Å². The van der Waals surface area contributed by atoms with Crippen LogP contribution in [0.4, 0.5) is 0 Å². The minimum absolute atomic E-state index is 0.670. The Kier molecular flexibility index (Phi) is 4.91. The Labute approximate surface area is 167 Å². The minimum atomic E-state index is 0.670. The summed E-state index contributed by atoms with van der Waals surface area (Å²) in [5, 5.41) is 1.35. The monoisotopic (exact) mass is 374 g/mol. The molecule has 3 fully saturated rings. The highest BCUT2D eigenvalue weighted by atomic mass is 15.3. The maximum atomic E-state index is 4.29. The van der Waals surface area contributed by atoms with Crippen molar-refractivity contribution in [1.82, 2.24) is 19.4 Å². The third-order valence-corrected chi connectivity index (χ3v) is 6.60. The fourth-order valence-corrected chi connectivity index (χ4v) is 5.19. The predicted molar refractivity (Wildman–Crippen MR) is 114 cm³/mol. The average molecular weight is 375 g/mol. The Morgan fingerprint density at radius 3 is 2.82 bits per heavy atom. The van der Waals surface area contributed by atoms with E-state index in [1.807, 2.05) is 12.4 Å². The fourth-order valence-electron chi connectivity index (χ4n) is 5.19. The van der Waals surface area contributed by atoms with Gasteiger partial charge in [-0.3, -0.25) is 14.8 Å². The number of aromatic nitrogens is 2. The van der Waals surface area contributed by atoms with Crippen LogP contribution in [0.2, 0.25) is 0 Å². The molecule has 3 saturated heterocycles. The van der Waals surface area contributed by atoms with E-state index in [4.69, 9.17) is 0 Å². The van der Waals surface area contributed by atoms with Crippen molar-refractivity contribution in [2.75, 3.05) is 19.6 Å². The minimum Gasteiger partial charge on any atom is -0.348 e. The van der Waals surface area contributed by atoms with Gasteiger partial charge in [-0.2, -0.15) is 0 Å². The quantitative estimate of drug-likeness (QED) is 0.670. The summed E-state index contributed by atoms with van der Waals surface area (Å²) in [6, 6.07) is 14.2. The van der Waals surface area contributed by atoms with E-state index in [0.29, 0.717) is 6.04 Å². The summed E-state index contributed by atoms with van der Waals surface area (Å²) in [5.74, 6) is 0.790. The van der Waals surface area contributed by atoms with Crippen LogP contribution in [0.5, 0.6) is 0 Å². The van der Waals surface area contributed by atoms with Crippen LogP contribution in [0.25, 0.3) is 10.9 Å². The van der Waals surface area contributed by atoms with Gasteiger partial charge in [-0.25, -0.2) is 0 Å². The third kappa shape index (κ3) is 3.59. The predicted octanol–water partition coefficient (Wildman–Crippen LogP) is 4.15. The normalized spacial score (nSPS) is 23.3. The average Bonchev–Trinajstić information content (AvgIpc) is 2.93. The zero-order valence-electron chi connectivity index (χ0n) is 16.8. The second kappa shape index (κ2) is 7.69. The Morgan fingerprint density at radius 2 is 1.96 bits per heavy atom. The van der Waals surface area contributed by atoms with E-state index in [1.165, 1.54) is 54.5 Å². The molecule has 0 amide bonds. The lowest BCUT2D eigenvalue weighted by Gasteiger charge is -2.36. The molecule has 3 aliphatic rings. The van der Waals surface area contributed by atoms with Crippen LogP contribution in [0.3, 0.4) is 0 Å². The van der Waals surface area contributed by atoms with Gasteiger partial charge in [-0.05, 0) is 60.4 Å². The molecule has 2 atom stereocenters. The Balaban J connectivity index is 1.31. The molecular formula is C24H30N4. The van der Waals surface area contributed by atoms with Crippen molar-refractivity contribution in [1.29, 1.82) is 0 Å². The lowest BCUT2D eigenvalue weighted by atomic mass is 9.94. The maximum absolute atomic E-state index is 4.29. The zero-order chi connectivity index (χ0) is 18.9. The van der Waals surface area contributed by atoms with E-state index in [2.05, 4.69) is 68.9 Å². The first-order valence-corrected chi connectivity index (χ1v) is 10.7. The molecule has 3 aromatic rings. The highest BCUT2D eigenvalue weighted by Gasteiger charge is 2.34. The summed E-state index contributed by atoms with van der Waals surface area (Å²) in [4.78, 5) is 9.70. The van der Waals surface area contributed by atoms with Gasteiger partial charge in [0.2, 0.25) is 0 Å². The largest absolute Gasteiger partial charge is 0.348 e. The van der Waals surface area contributed by atoms with Crippen LogP contribution in [-0.4, -0.2) is 45.0 Å². The van der Waals surface area contributed by atoms with Gasteiger partial charge < -0.3 is 4.57 Å². The molecule has 2 bridgehead atoms. The first-order chi connectivity index (χ1) is 13.8. The SMILES string of the molecule is CCn1ccc2ccc(CN3C[C@H]4CC[C@@H]3CN(Cc3cccnc3)C4)cc21. The second-order valence-corrected chi connectivity index (χ2v) is 8.58.